The van der Waals surface area contributed by atoms with Crippen LogP contribution in [0.15, 0.2) is 28.5 Å². The van der Waals surface area contributed by atoms with Crippen LogP contribution in [0.3, 0.4) is 0 Å². The number of nitrogens with two attached hydrogens (primary N) is 1. The molecule has 0 radical (unpaired) electrons. The Hall–Kier alpha value is -2.01. The topological polar surface area (TPSA) is 118 Å². The van der Waals surface area contributed by atoms with E-state index in [2.05, 4.69) is 0 Å². The van der Waals surface area contributed by atoms with Gasteiger partial charge in [0, 0.05) is 16.3 Å². The molecule has 2 heterocycles. The van der Waals surface area contributed by atoms with Gasteiger partial charge in [-0.1, -0.05) is 11.6 Å². The van der Waals surface area contributed by atoms with Crippen LogP contribution in [0.2, 0.25) is 5.02 Å². The molecule has 1 aromatic carbocycles. The van der Waals surface area contributed by atoms with Gasteiger partial charge in [-0.25, -0.2) is 8.42 Å². The molecule has 11 heteroatoms. The lowest BCUT2D eigenvalue weighted by Crippen LogP contribution is -2.49. The van der Waals surface area contributed by atoms with Gasteiger partial charge in [0.25, 0.3) is 10.0 Å². The molecule has 2 aromatic rings. The van der Waals surface area contributed by atoms with E-state index in [9.17, 15) is 22.8 Å². The van der Waals surface area contributed by atoms with Crippen molar-refractivity contribution in [2.24, 2.45) is 5.73 Å². The Kier molecular flexibility index (Phi) is 5.76. The molecule has 1 aliphatic rings. The van der Waals surface area contributed by atoms with Crippen LogP contribution in [0, 0.1) is 0 Å². The number of amides is 2. The second-order valence-corrected chi connectivity index (χ2v) is 10.1. The van der Waals surface area contributed by atoms with Gasteiger partial charge in [-0.3, -0.25) is 9.59 Å². The summed E-state index contributed by atoms with van der Waals surface area (Å²) in [5, 5.41) is 1.11. The molecule has 0 spiro atoms. The zero-order valence-corrected chi connectivity index (χ0v) is 17.3. The third-order valence-electron chi connectivity index (χ3n) is 4.58. The van der Waals surface area contributed by atoms with Crippen LogP contribution in [-0.2, 0) is 24.4 Å². The monoisotopic (exact) mass is 443 g/mol. The maximum atomic E-state index is 13.3. The number of fused-ring (bicyclic) bond motifs is 1. The van der Waals surface area contributed by atoms with Crippen molar-refractivity contribution >= 4 is 61.1 Å². The molecular weight excluding hydrogens is 426 g/mol. The molecule has 0 aliphatic carbocycles. The first-order valence-electron chi connectivity index (χ1n) is 8.40. The third kappa shape index (κ3) is 3.77. The van der Waals surface area contributed by atoms with E-state index in [0.717, 1.165) is 15.6 Å². The molecule has 2 N–H and O–H groups in total. The summed E-state index contributed by atoms with van der Waals surface area (Å²) in [5.74, 6) is -1.39. The smallest absolute Gasteiger partial charge is 0.253 e. The standard InChI is InChI=1S/C17H18ClN3O5S2/c1-10(9-22)20-5-4-13(17(20)24)21(8-15(19)23)28(25,26)16-7-11-6-12(18)2-3-14(11)27-16/h2-3,6-7,9-10,13H,4-5,8H2,1H3,(H2,19,23)/t10-,13-/m0/s1. The highest BCUT2D eigenvalue weighted by Crippen LogP contribution is 2.34. The van der Waals surface area contributed by atoms with E-state index in [1.54, 1.807) is 25.1 Å². The summed E-state index contributed by atoms with van der Waals surface area (Å²) in [6.07, 6.45) is 0.781. The lowest BCUT2D eigenvalue weighted by Gasteiger charge is -2.26. The van der Waals surface area contributed by atoms with Gasteiger partial charge in [-0.15, -0.1) is 11.3 Å². The maximum Gasteiger partial charge on any atom is 0.253 e. The van der Waals surface area contributed by atoms with Crippen molar-refractivity contribution < 1.29 is 22.8 Å². The summed E-state index contributed by atoms with van der Waals surface area (Å²) in [4.78, 5) is 36.6. The van der Waals surface area contributed by atoms with Gasteiger partial charge in [0.15, 0.2) is 0 Å². The van der Waals surface area contributed by atoms with Crippen LogP contribution in [0.4, 0.5) is 0 Å². The van der Waals surface area contributed by atoms with Gasteiger partial charge in [0.05, 0.1) is 12.6 Å². The van der Waals surface area contributed by atoms with Crippen molar-refractivity contribution in [2.75, 3.05) is 13.1 Å². The summed E-state index contributed by atoms with van der Waals surface area (Å²) in [7, 11) is -4.17. The molecule has 1 saturated heterocycles. The van der Waals surface area contributed by atoms with E-state index in [4.69, 9.17) is 17.3 Å². The maximum absolute atomic E-state index is 13.3. The summed E-state index contributed by atoms with van der Waals surface area (Å²) in [5.41, 5.74) is 5.26. The van der Waals surface area contributed by atoms with Crippen LogP contribution in [0.25, 0.3) is 10.1 Å². The first kappa shape index (κ1) is 20.7. The van der Waals surface area contributed by atoms with Crippen LogP contribution in [0.5, 0.6) is 0 Å². The molecule has 0 unspecified atom stereocenters. The van der Waals surface area contributed by atoms with Gasteiger partial charge in [0.1, 0.15) is 16.5 Å². The molecule has 150 valence electrons. The minimum atomic E-state index is -4.17. The summed E-state index contributed by atoms with van der Waals surface area (Å²) >= 11 is 6.98. The largest absolute Gasteiger partial charge is 0.369 e. The summed E-state index contributed by atoms with van der Waals surface area (Å²) in [6.45, 7) is 1.14. The van der Waals surface area contributed by atoms with Crippen LogP contribution in [0.1, 0.15) is 13.3 Å². The highest BCUT2D eigenvalue weighted by molar-refractivity contribution is 7.91. The van der Waals surface area contributed by atoms with Crippen molar-refractivity contribution in [3.63, 3.8) is 0 Å². The lowest BCUT2D eigenvalue weighted by atomic mass is 10.2. The predicted molar refractivity (Wildman–Crippen MR) is 106 cm³/mol. The Morgan fingerprint density at radius 3 is 2.82 bits per heavy atom. The van der Waals surface area contributed by atoms with E-state index in [-0.39, 0.29) is 17.2 Å². The summed E-state index contributed by atoms with van der Waals surface area (Å²) in [6, 6.07) is 4.68. The molecule has 2 atom stereocenters. The Labute approximate surface area is 170 Å². The second kappa shape index (κ2) is 7.78. The first-order chi connectivity index (χ1) is 13.1. The van der Waals surface area contributed by atoms with Gasteiger partial charge >= 0.3 is 0 Å². The van der Waals surface area contributed by atoms with Crippen LogP contribution >= 0.6 is 22.9 Å². The number of thiophene rings is 1. The molecule has 28 heavy (non-hydrogen) atoms. The van der Waals surface area contributed by atoms with E-state index >= 15 is 0 Å². The molecule has 0 saturated carbocycles. The number of likely N-dealkylation sites (tertiary alicyclic amines) is 1. The van der Waals surface area contributed by atoms with E-state index in [0.29, 0.717) is 21.4 Å². The Morgan fingerprint density at radius 2 is 2.18 bits per heavy atom. The number of benzene rings is 1. The average Bonchev–Trinajstić information content (AvgIpc) is 3.22. The van der Waals surface area contributed by atoms with E-state index in [1.165, 1.54) is 11.0 Å². The summed E-state index contributed by atoms with van der Waals surface area (Å²) < 4.78 is 28.0. The SMILES string of the molecule is C[C@@H](C=O)N1CC[C@H](N(CC(N)=O)S(=O)(=O)c2cc3cc(Cl)ccc3s2)C1=O. The number of hydrogen-bond acceptors (Lipinski definition) is 6. The Morgan fingerprint density at radius 1 is 1.46 bits per heavy atom. The van der Waals surface area contributed by atoms with Crippen molar-refractivity contribution in [2.45, 2.75) is 29.6 Å². The fraction of sp³-hybridized carbons (Fsp3) is 0.353. The van der Waals surface area contributed by atoms with E-state index < -0.39 is 40.5 Å². The zero-order chi connectivity index (χ0) is 20.6. The second-order valence-electron chi connectivity index (χ2n) is 6.48. The molecule has 3 rings (SSSR count). The van der Waals surface area contributed by atoms with Crippen molar-refractivity contribution in [3.8, 4) is 0 Å². The van der Waals surface area contributed by atoms with Crippen LogP contribution < -0.4 is 5.73 Å². The number of carbonyl (C=O) groups excluding carboxylic acids is 3. The molecule has 1 aromatic heterocycles. The highest BCUT2D eigenvalue weighted by atomic mass is 35.5. The average molecular weight is 444 g/mol. The number of primary amides is 1. The fourth-order valence-electron chi connectivity index (χ4n) is 3.18. The van der Waals surface area contributed by atoms with Gasteiger partial charge in [-0.2, -0.15) is 4.31 Å². The van der Waals surface area contributed by atoms with Gasteiger partial charge in [-0.05, 0) is 43.0 Å². The number of aldehydes is 1. The molecule has 8 nitrogen and oxygen atoms in total. The number of halogens is 1. The first-order valence-corrected chi connectivity index (χ1v) is 11.0. The van der Waals surface area contributed by atoms with Crippen molar-refractivity contribution in [3.05, 3.63) is 29.3 Å². The van der Waals surface area contributed by atoms with Crippen LogP contribution in [-0.4, -0.2) is 60.9 Å². The quantitative estimate of drug-likeness (QED) is 0.645. The number of sulfonamides is 1. The normalized spacial score (nSPS) is 18.8. The Balaban J connectivity index is 2.01. The fourth-order valence-corrected chi connectivity index (χ4v) is 6.45. The van der Waals surface area contributed by atoms with Crippen molar-refractivity contribution in [1.82, 2.24) is 9.21 Å². The highest BCUT2D eigenvalue weighted by Gasteiger charge is 2.44. The molecular formula is C17H18ClN3O5S2. The lowest BCUT2D eigenvalue weighted by molar-refractivity contribution is -0.135. The van der Waals surface area contributed by atoms with Gasteiger partial charge < -0.3 is 15.4 Å². The molecule has 2 amide bonds. The third-order valence-corrected chi connectivity index (χ3v) is 8.23. The molecule has 0 bridgehead atoms. The predicted octanol–water partition coefficient (Wildman–Crippen LogP) is 1.22. The minimum absolute atomic E-state index is 0.0132. The number of rotatable bonds is 7. The number of hydrogen-bond donors (Lipinski definition) is 1. The molecule has 1 aliphatic heterocycles. The van der Waals surface area contributed by atoms with E-state index in [1.807, 2.05) is 0 Å². The van der Waals surface area contributed by atoms with Gasteiger partial charge in [0.2, 0.25) is 11.8 Å². The minimum Gasteiger partial charge on any atom is -0.369 e. The zero-order valence-electron chi connectivity index (χ0n) is 14.9. The van der Waals surface area contributed by atoms with Crippen molar-refractivity contribution in [1.29, 1.82) is 0 Å². The number of carbonyl (C=O) groups is 3. The Bertz CT molecular complexity index is 1050. The number of nitrogens with zero attached hydrogens (tertiary/aromatic N) is 2. The molecule has 1 fully saturated rings.